The van der Waals surface area contributed by atoms with Crippen LogP contribution in [-0.4, -0.2) is 40.8 Å². The molecule has 1 aliphatic carbocycles. The summed E-state index contributed by atoms with van der Waals surface area (Å²) >= 11 is 12.1. The molecule has 19 heavy (non-hydrogen) atoms. The van der Waals surface area contributed by atoms with Gasteiger partial charge in [0.1, 0.15) is 0 Å². The molecule has 6 heteroatoms. The Morgan fingerprint density at radius 2 is 2.16 bits per heavy atom. The number of fused-ring (bicyclic) bond motifs is 1. The number of carboxylic acids is 1. The molecular weight excluding hydrogens is 289 g/mol. The SMILES string of the molecule is CN(CCC(=O)O)[C@@H]1c2cc(Cl)cc(Cl)c2C[C@H]1O. The molecule has 1 aromatic carbocycles. The predicted molar refractivity (Wildman–Crippen MR) is 73.8 cm³/mol. The fourth-order valence-electron chi connectivity index (χ4n) is 2.57. The summed E-state index contributed by atoms with van der Waals surface area (Å²) < 4.78 is 0. The van der Waals surface area contributed by atoms with E-state index in [9.17, 15) is 9.90 Å². The number of halogens is 2. The van der Waals surface area contributed by atoms with Gasteiger partial charge in [-0.05, 0) is 30.3 Å². The van der Waals surface area contributed by atoms with E-state index in [2.05, 4.69) is 0 Å². The Morgan fingerprint density at radius 3 is 2.79 bits per heavy atom. The van der Waals surface area contributed by atoms with Gasteiger partial charge in [-0.2, -0.15) is 0 Å². The zero-order valence-corrected chi connectivity index (χ0v) is 11.9. The van der Waals surface area contributed by atoms with E-state index < -0.39 is 12.1 Å². The Labute approximate surface area is 121 Å². The minimum absolute atomic E-state index is 0.0311. The number of aliphatic hydroxyl groups excluding tert-OH is 1. The van der Waals surface area contributed by atoms with E-state index in [0.717, 1.165) is 11.1 Å². The highest BCUT2D eigenvalue weighted by Crippen LogP contribution is 2.40. The van der Waals surface area contributed by atoms with Crippen LogP contribution >= 0.6 is 23.2 Å². The number of likely N-dealkylation sites (N-methyl/N-ethyl adjacent to an activating group) is 1. The lowest BCUT2D eigenvalue weighted by Gasteiger charge is -2.27. The van der Waals surface area contributed by atoms with Gasteiger partial charge in [0, 0.05) is 23.0 Å². The molecule has 0 bridgehead atoms. The summed E-state index contributed by atoms with van der Waals surface area (Å²) in [6.45, 7) is 0.362. The summed E-state index contributed by atoms with van der Waals surface area (Å²) in [5.74, 6) is -0.858. The zero-order chi connectivity index (χ0) is 14.2. The Hall–Kier alpha value is -0.810. The standard InChI is InChI=1S/C13H15Cl2NO3/c1-16(3-2-12(18)19)13-9-4-7(14)5-10(15)8(9)6-11(13)17/h4-5,11,13,17H,2-3,6H2,1H3,(H,18,19)/t11-,13-/m1/s1. The van der Waals surface area contributed by atoms with E-state index >= 15 is 0 Å². The van der Waals surface area contributed by atoms with Gasteiger partial charge in [0.2, 0.25) is 0 Å². The molecule has 0 unspecified atom stereocenters. The number of hydrogen-bond donors (Lipinski definition) is 2. The molecule has 4 nitrogen and oxygen atoms in total. The van der Waals surface area contributed by atoms with Crippen LogP contribution in [0.25, 0.3) is 0 Å². The van der Waals surface area contributed by atoms with Crippen molar-refractivity contribution in [3.05, 3.63) is 33.3 Å². The van der Waals surface area contributed by atoms with Crippen molar-refractivity contribution in [2.75, 3.05) is 13.6 Å². The number of carbonyl (C=O) groups is 1. The first-order valence-electron chi connectivity index (χ1n) is 5.98. The summed E-state index contributed by atoms with van der Waals surface area (Å²) in [4.78, 5) is 12.5. The highest BCUT2D eigenvalue weighted by Gasteiger charge is 2.35. The number of hydrogen-bond acceptors (Lipinski definition) is 3. The largest absolute Gasteiger partial charge is 0.481 e. The van der Waals surface area contributed by atoms with Crippen LogP contribution in [0.2, 0.25) is 10.0 Å². The van der Waals surface area contributed by atoms with Crippen molar-refractivity contribution in [1.82, 2.24) is 4.90 Å². The Bertz CT molecular complexity index is 507. The maximum absolute atomic E-state index is 10.6. The average molecular weight is 304 g/mol. The molecule has 0 spiro atoms. The number of aliphatic hydroxyl groups is 1. The van der Waals surface area contributed by atoms with E-state index in [1.807, 2.05) is 4.90 Å². The first-order chi connectivity index (χ1) is 8.90. The van der Waals surface area contributed by atoms with Crippen molar-refractivity contribution >= 4 is 29.2 Å². The molecule has 0 amide bonds. The van der Waals surface area contributed by atoms with E-state index in [1.165, 1.54) is 0 Å². The lowest BCUT2D eigenvalue weighted by atomic mass is 10.1. The topological polar surface area (TPSA) is 60.8 Å². The second-order valence-corrected chi connectivity index (χ2v) is 5.64. The van der Waals surface area contributed by atoms with Crippen molar-refractivity contribution in [1.29, 1.82) is 0 Å². The van der Waals surface area contributed by atoms with E-state index in [1.54, 1.807) is 19.2 Å². The van der Waals surface area contributed by atoms with Gasteiger partial charge in [0.25, 0.3) is 0 Å². The minimum Gasteiger partial charge on any atom is -0.481 e. The first-order valence-corrected chi connectivity index (χ1v) is 6.73. The maximum atomic E-state index is 10.6. The first kappa shape index (κ1) is 14.6. The van der Waals surface area contributed by atoms with Crippen LogP contribution < -0.4 is 0 Å². The quantitative estimate of drug-likeness (QED) is 0.896. The van der Waals surface area contributed by atoms with Crippen molar-refractivity contribution in [2.45, 2.75) is 25.0 Å². The van der Waals surface area contributed by atoms with Crippen molar-refractivity contribution in [2.24, 2.45) is 0 Å². The lowest BCUT2D eigenvalue weighted by Crippen LogP contribution is -2.32. The van der Waals surface area contributed by atoms with Crippen LogP contribution in [0, 0.1) is 0 Å². The fourth-order valence-corrected chi connectivity index (χ4v) is 3.16. The number of nitrogens with zero attached hydrogens (tertiary/aromatic N) is 1. The van der Waals surface area contributed by atoms with Gasteiger partial charge in [-0.25, -0.2) is 0 Å². The molecule has 1 aromatic rings. The monoisotopic (exact) mass is 303 g/mol. The Kier molecular flexibility index (Phi) is 4.36. The van der Waals surface area contributed by atoms with Crippen LogP contribution in [0.5, 0.6) is 0 Å². The lowest BCUT2D eigenvalue weighted by molar-refractivity contribution is -0.137. The van der Waals surface area contributed by atoms with E-state index in [-0.39, 0.29) is 12.5 Å². The molecule has 0 heterocycles. The number of aliphatic carboxylic acids is 1. The third-order valence-corrected chi connectivity index (χ3v) is 4.00. The highest BCUT2D eigenvalue weighted by molar-refractivity contribution is 6.35. The smallest absolute Gasteiger partial charge is 0.304 e. The normalized spacial score (nSPS) is 21.7. The molecule has 2 N–H and O–H groups in total. The van der Waals surface area contributed by atoms with Crippen LogP contribution in [0.4, 0.5) is 0 Å². The molecule has 0 fully saturated rings. The summed E-state index contributed by atoms with van der Waals surface area (Å²) in [6, 6.07) is 3.19. The van der Waals surface area contributed by atoms with Crippen molar-refractivity contribution in [3.63, 3.8) is 0 Å². The van der Waals surface area contributed by atoms with Gasteiger partial charge in [-0.1, -0.05) is 23.2 Å². The van der Waals surface area contributed by atoms with E-state index in [0.29, 0.717) is 23.0 Å². The highest BCUT2D eigenvalue weighted by atomic mass is 35.5. The molecule has 2 atom stereocenters. The molecule has 0 radical (unpaired) electrons. The second kappa shape index (κ2) is 5.67. The van der Waals surface area contributed by atoms with Crippen LogP contribution in [-0.2, 0) is 11.2 Å². The van der Waals surface area contributed by atoms with E-state index in [4.69, 9.17) is 28.3 Å². The van der Waals surface area contributed by atoms with Crippen LogP contribution in [0.15, 0.2) is 12.1 Å². The Balaban J connectivity index is 2.26. The van der Waals surface area contributed by atoms with Gasteiger partial charge in [0.15, 0.2) is 0 Å². The van der Waals surface area contributed by atoms with Crippen LogP contribution in [0.3, 0.4) is 0 Å². The molecule has 0 saturated heterocycles. The molecule has 104 valence electrons. The summed E-state index contributed by atoms with van der Waals surface area (Å²) in [5, 5.41) is 20.0. The van der Waals surface area contributed by atoms with Gasteiger partial charge >= 0.3 is 5.97 Å². The number of carboxylic acid groups (broad SMARTS) is 1. The molecule has 1 aliphatic rings. The summed E-state index contributed by atoms with van der Waals surface area (Å²) in [5.41, 5.74) is 1.78. The van der Waals surface area contributed by atoms with Gasteiger partial charge in [0.05, 0.1) is 18.6 Å². The van der Waals surface area contributed by atoms with Crippen molar-refractivity contribution < 1.29 is 15.0 Å². The summed E-state index contributed by atoms with van der Waals surface area (Å²) in [6.07, 6.45) is -0.0960. The Morgan fingerprint density at radius 1 is 1.47 bits per heavy atom. The fraction of sp³-hybridized carbons (Fsp3) is 0.462. The molecule has 0 aliphatic heterocycles. The summed E-state index contributed by atoms with van der Waals surface area (Å²) in [7, 11) is 1.79. The second-order valence-electron chi connectivity index (χ2n) is 4.80. The number of benzene rings is 1. The third-order valence-electron chi connectivity index (χ3n) is 3.44. The molecule has 0 saturated carbocycles. The predicted octanol–water partition coefficient (Wildman–Crippen LogP) is 2.36. The van der Waals surface area contributed by atoms with Gasteiger partial charge in [-0.3, -0.25) is 9.69 Å². The molecule has 2 rings (SSSR count). The zero-order valence-electron chi connectivity index (χ0n) is 10.4. The third kappa shape index (κ3) is 3.03. The molecular formula is C13H15Cl2NO3. The van der Waals surface area contributed by atoms with Crippen molar-refractivity contribution in [3.8, 4) is 0 Å². The maximum Gasteiger partial charge on any atom is 0.304 e. The van der Waals surface area contributed by atoms with Crippen LogP contribution in [0.1, 0.15) is 23.6 Å². The van der Waals surface area contributed by atoms with Gasteiger partial charge < -0.3 is 10.2 Å². The minimum atomic E-state index is -0.858. The number of rotatable bonds is 4. The molecule has 0 aromatic heterocycles. The average Bonchev–Trinajstić information content (AvgIpc) is 2.63. The van der Waals surface area contributed by atoms with Gasteiger partial charge in [-0.15, -0.1) is 0 Å².